The molecule has 8 nitrogen and oxygen atoms in total. The van der Waals surface area contributed by atoms with Crippen LogP contribution >= 0.6 is 0 Å². The topological polar surface area (TPSA) is 102 Å². The predicted octanol–water partition coefficient (Wildman–Crippen LogP) is 2.64. The molecule has 0 saturated carbocycles. The van der Waals surface area contributed by atoms with Crippen molar-refractivity contribution < 1.29 is 19.0 Å². The van der Waals surface area contributed by atoms with Crippen molar-refractivity contribution in [3.8, 4) is 11.3 Å². The summed E-state index contributed by atoms with van der Waals surface area (Å²) in [6.45, 7) is 0.618. The zero-order valence-electron chi connectivity index (χ0n) is 18.6. The van der Waals surface area contributed by atoms with Crippen LogP contribution in [0.4, 0.5) is 4.39 Å². The van der Waals surface area contributed by atoms with Gasteiger partial charge in [0.2, 0.25) is 0 Å². The second-order valence-electron chi connectivity index (χ2n) is 8.44. The number of pyridine rings is 2. The average molecular weight is 461 g/mol. The zero-order chi connectivity index (χ0) is 23.7. The molecule has 2 N–H and O–H groups in total. The molecule has 2 atom stereocenters. The molecule has 34 heavy (non-hydrogen) atoms. The van der Waals surface area contributed by atoms with Gasteiger partial charge in [0.05, 0.1) is 30.6 Å². The van der Waals surface area contributed by atoms with E-state index in [4.69, 9.17) is 4.74 Å². The second kappa shape index (κ2) is 9.28. The van der Waals surface area contributed by atoms with Crippen molar-refractivity contribution in [1.29, 1.82) is 0 Å². The van der Waals surface area contributed by atoms with E-state index in [9.17, 15) is 14.3 Å². The third-order valence-electron chi connectivity index (χ3n) is 5.97. The third kappa shape index (κ3) is 4.52. The van der Waals surface area contributed by atoms with Gasteiger partial charge >= 0.3 is 0 Å². The van der Waals surface area contributed by atoms with E-state index in [1.165, 1.54) is 6.07 Å². The number of aromatic nitrogens is 4. The van der Waals surface area contributed by atoms with E-state index in [1.807, 2.05) is 25.4 Å². The molecule has 0 unspecified atom stereocenters. The SMILES string of the molecule is Cn1cc(-c2ccc(Cc3cc(C(=O)N[C@H]4CCOC[C@@H]4O)nc4c(F)cccc34)cn2)cn1. The van der Waals surface area contributed by atoms with Crippen molar-refractivity contribution in [3.63, 3.8) is 0 Å². The van der Waals surface area contributed by atoms with Gasteiger partial charge in [-0.25, -0.2) is 9.37 Å². The number of benzene rings is 1. The Labute approximate surface area is 195 Å². The van der Waals surface area contributed by atoms with Gasteiger partial charge < -0.3 is 15.2 Å². The van der Waals surface area contributed by atoms with Gasteiger partial charge in [-0.2, -0.15) is 5.10 Å². The Balaban J connectivity index is 1.45. The smallest absolute Gasteiger partial charge is 0.270 e. The molecule has 174 valence electrons. The van der Waals surface area contributed by atoms with Crippen LogP contribution in [-0.2, 0) is 18.2 Å². The summed E-state index contributed by atoms with van der Waals surface area (Å²) in [5.74, 6) is -0.952. The highest BCUT2D eigenvalue weighted by molar-refractivity contribution is 5.96. The van der Waals surface area contributed by atoms with Crippen LogP contribution in [0, 0.1) is 5.82 Å². The number of aliphatic hydroxyl groups excluding tert-OH is 1. The van der Waals surface area contributed by atoms with E-state index in [1.54, 1.807) is 35.3 Å². The van der Waals surface area contributed by atoms with Crippen LogP contribution in [0.3, 0.4) is 0 Å². The summed E-state index contributed by atoms with van der Waals surface area (Å²) in [6.07, 6.45) is 5.56. The maximum Gasteiger partial charge on any atom is 0.270 e. The predicted molar refractivity (Wildman–Crippen MR) is 124 cm³/mol. The van der Waals surface area contributed by atoms with E-state index in [0.717, 1.165) is 22.4 Å². The molecule has 1 saturated heterocycles. The van der Waals surface area contributed by atoms with Gasteiger partial charge in [-0.15, -0.1) is 0 Å². The van der Waals surface area contributed by atoms with Gasteiger partial charge in [-0.3, -0.25) is 14.5 Å². The molecule has 0 radical (unpaired) electrons. The van der Waals surface area contributed by atoms with Crippen LogP contribution in [0.15, 0.2) is 55.0 Å². The van der Waals surface area contributed by atoms with Crippen molar-refractivity contribution in [2.24, 2.45) is 7.05 Å². The number of aliphatic hydroxyl groups is 1. The number of carbonyl (C=O) groups excluding carboxylic acids is 1. The molecule has 3 aromatic heterocycles. The Morgan fingerprint density at radius 1 is 1.29 bits per heavy atom. The first-order valence-corrected chi connectivity index (χ1v) is 11.1. The van der Waals surface area contributed by atoms with Crippen molar-refractivity contribution in [2.45, 2.75) is 25.0 Å². The van der Waals surface area contributed by atoms with Crippen LogP contribution in [0.2, 0.25) is 0 Å². The molecular formula is C25H24FN5O3. The fraction of sp³-hybridized carbons (Fsp3) is 0.280. The molecule has 0 bridgehead atoms. The lowest BCUT2D eigenvalue weighted by atomic mass is 10.00. The fourth-order valence-corrected chi connectivity index (χ4v) is 4.15. The van der Waals surface area contributed by atoms with Crippen LogP contribution in [0.1, 0.15) is 28.0 Å². The molecule has 0 spiro atoms. The van der Waals surface area contributed by atoms with E-state index < -0.39 is 23.9 Å². The van der Waals surface area contributed by atoms with Crippen molar-refractivity contribution >= 4 is 16.8 Å². The Morgan fingerprint density at radius 2 is 2.18 bits per heavy atom. The first-order valence-electron chi connectivity index (χ1n) is 11.1. The van der Waals surface area contributed by atoms with Gasteiger partial charge in [-0.1, -0.05) is 18.2 Å². The number of carbonyl (C=O) groups is 1. The number of aryl methyl sites for hydroxylation is 1. The van der Waals surface area contributed by atoms with Gasteiger partial charge in [0.1, 0.15) is 17.0 Å². The maximum absolute atomic E-state index is 14.6. The molecule has 9 heteroatoms. The average Bonchev–Trinajstić information content (AvgIpc) is 3.27. The summed E-state index contributed by atoms with van der Waals surface area (Å²) < 4.78 is 21.6. The minimum absolute atomic E-state index is 0.103. The first kappa shape index (κ1) is 22.1. The highest BCUT2D eigenvalue weighted by Gasteiger charge is 2.26. The number of halogens is 1. The quantitative estimate of drug-likeness (QED) is 0.474. The van der Waals surface area contributed by atoms with Crippen molar-refractivity contribution in [2.75, 3.05) is 13.2 Å². The third-order valence-corrected chi connectivity index (χ3v) is 5.97. The van der Waals surface area contributed by atoms with E-state index in [-0.39, 0.29) is 17.8 Å². The monoisotopic (exact) mass is 461 g/mol. The molecule has 1 aromatic carbocycles. The number of ether oxygens (including phenoxy) is 1. The number of para-hydroxylation sites is 1. The summed E-state index contributed by atoms with van der Waals surface area (Å²) in [6, 6.07) is 9.86. The van der Waals surface area contributed by atoms with E-state index >= 15 is 0 Å². The second-order valence-corrected chi connectivity index (χ2v) is 8.44. The summed E-state index contributed by atoms with van der Waals surface area (Å²) in [7, 11) is 1.85. The summed E-state index contributed by atoms with van der Waals surface area (Å²) in [5.41, 5.74) is 3.63. The Hall–Kier alpha value is -3.69. The number of nitrogens with zero attached hydrogens (tertiary/aromatic N) is 4. The summed E-state index contributed by atoms with van der Waals surface area (Å²) in [4.78, 5) is 21.8. The highest BCUT2D eigenvalue weighted by Crippen LogP contribution is 2.25. The van der Waals surface area contributed by atoms with Crippen LogP contribution in [0.5, 0.6) is 0 Å². The lowest BCUT2D eigenvalue weighted by Gasteiger charge is -2.28. The van der Waals surface area contributed by atoms with Gasteiger partial charge in [0.25, 0.3) is 5.91 Å². The number of fused-ring (bicyclic) bond motifs is 1. The molecule has 4 heterocycles. The van der Waals surface area contributed by atoms with Gasteiger partial charge in [-0.05, 0) is 42.2 Å². The summed E-state index contributed by atoms with van der Waals surface area (Å²) in [5, 5.41) is 17.7. The molecular weight excluding hydrogens is 437 g/mol. The van der Waals surface area contributed by atoms with Crippen LogP contribution in [0.25, 0.3) is 22.2 Å². The highest BCUT2D eigenvalue weighted by atomic mass is 19.1. The zero-order valence-corrected chi connectivity index (χ0v) is 18.6. The number of hydrogen-bond donors (Lipinski definition) is 2. The number of amides is 1. The molecule has 1 aliphatic heterocycles. The number of nitrogens with one attached hydrogen (secondary N) is 1. The van der Waals surface area contributed by atoms with E-state index in [2.05, 4.69) is 20.4 Å². The van der Waals surface area contributed by atoms with Gasteiger partial charge in [0, 0.05) is 37.0 Å². The minimum atomic E-state index is -0.793. The molecule has 1 aliphatic rings. The van der Waals surface area contributed by atoms with Crippen LogP contribution < -0.4 is 5.32 Å². The standard InChI is InChI=1S/C25H24FN5O3/c1-31-13-17(12-28-31)20-6-5-15(11-27-20)9-16-10-22(29-24-18(16)3-2-4-19(24)26)25(33)30-21-7-8-34-14-23(21)32/h2-6,10-13,21,23,32H,7-9,14H2,1H3,(H,30,33)/t21-,23-/m0/s1. The molecule has 1 amide bonds. The van der Waals surface area contributed by atoms with Crippen molar-refractivity contribution in [1.82, 2.24) is 25.1 Å². The lowest BCUT2D eigenvalue weighted by Crippen LogP contribution is -2.48. The largest absolute Gasteiger partial charge is 0.389 e. The first-order chi connectivity index (χ1) is 16.5. The van der Waals surface area contributed by atoms with E-state index in [0.29, 0.717) is 24.8 Å². The minimum Gasteiger partial charge on any atom is -0.389 e. The Bertz CT molecular complexity index is 1340. The number of hydrogen-bond acceptors (Lipinski definition) is 6. The van der Waals surface area contributed by atoms with Crippen LogP contribution in [-0.4, -0.2) is 56.1 Å². The Morgan fingerprint density at radius 3 is 2.91 bits per heavy atom. The fourth-order valence-electron chi connectivity index (χ4n) is 4.15. The normalized spacial score (nSPS) is 18.2. The molecule has 0 aliphatic carbocycles. The van der Waals surface area contributed by atoms with Gasteiger partial charge in [0.15, 0.2) is 0 Å². The lowest BCUT2D eigenvalue weighted by molar-refractivity contribution is -0.0261. The van der Waals surface area contributed by atoms with Crippen molar-refractivity contribution in [3.05, 3.63) is 77.6 Å². The summed E-state index contributed by atoms with van der Waals surface area (Å²) >= 11 is 0. The molecule has 4 aromatic rings. The Kier molecular flexibility index (Phi) is 6.04. The molecule has 5 rings (SSSR count). The number of rotatable bonds is 5. The maximum atomic E-state index is 14.6. The molecule has 1 fully saturated rings.